The molecular weight excluding hydrogens is 416 g/mol. The third kappa shape index (κ3) is 5.00. The Morgan fingerprint density at radius 1 is 0.656 bits per heavy atom. The largest absolute Gasteiger partial charge is 0.388 e. The number of aliphatic hydroxyl groups is 2. The predicted octanol–water partition coefficient (Wildman–Crippen LogP) is 3.65. The van der Waals surface area contributed by atoms with E-state index in [4.69, 9.17) is 12.2 Å². The molecule has 3 aliphatic rings. The molecule has 4 atom stereocenters. The van der Waals surface area contributed by atoms with Gasteiger partial charge in [0.05, 0.1) is 12.1 Å². The van der Waals surface area contributed by atoms with Gasteiger partial charge in [-0.15, -0.1) is 0 Å². The van der Waals surface area contributed by atoms with Crippen molar-refractivity contribution in [3.63, 3.8) is 0 Å². The van der Waals surface area contributed by atoms with Gasteiger partial charge in [0.25, 0.3) is 0 Å². The molecule has 5 rings (SSSR count). The first-order chi connectivity index (χ1) is 15.6. The Bertz CT molecular complexity index is 827. The molecule has 2 N–H and O–H groups in total. The molecule has 2 aromatic carbocycles. The Balaban J connectivity index is 1.49. The molecule has 0 aromatic heterocycles. The smallest absolute Gasteiger partial charge is 0.172 e. The fourth-order valence-electron chi connectivity index (χ4n) is 5.03. The van der Waals surface area contributed by atoms with E-state index in [2.05, 4.69) is 34.1 Å². The van der Waals surface area contributed by atoms with Crippen LogP contribution >= 0.6 is 12.2 Å². The maximum absolute atomic E-state index is 11.5. The van der Waals surface area contributed by atoms with E-state index in [9.17, 15) is 10.2 Å². The molecule has 0 spiro atoms. The second-order valence-electron chi connectivity index (χ2n) is 9.97. The van der Waals surface area contributed by atoms with E-state index in [1.807, 2.05) is 36.4 Å². The highest BCUT2D eigenvalue weighted by molar-refractivity contribution is 7.80. The van der Waals surface area contributed by atoms with Gasteiger partial charge in [-0.25, -0.2) is 0 Å². The van der Waals surface area contributed by atoms with Gasteiger partial charge in [0.2, 0.25) is 0 Å². The molecule has 170 valence electrons. The van der Waals surface area contributed by atoms with Crippen LogP contribution in [0.1, 0.15) is 36.8 Å². The lowest BCUT2D eigenvalue weighted by atomic mass is 9.91. The number of thiocarbonyl (C=S) groups is 1. The average Bonchev–Trinajstić information content (AvgIpc) is 3.74. The lowest BCUT2D eigenvalue weighted by molar-refractivity contribution is -0.0401. The Kier molecular flexibility index (Phi) is 6.49. The number of aliphatic hydroxyl groups excluding tert-OH is 2. The van der Waals surface area contributed by atoms with Gasteiger partial charge in [-0.3, -0.25) is 0 Å². The van der Waals surface area contributed by atoms with Crippen LogP contribution in [0.2, 0.25) is 0 Å². The van der Waals surface area contributed by atoms with Crippen LogP contribution < -0.4 is 0 Å². The summed E-state index contributed by atoms with van der Waals surface area (Å²) in [5.41, 5.74) is 2.34. The first-order valence-corrected chi connectivity index (χ1v) is 12.5. The molecule has 3 fully saturated rings. The molecule has 2 aromatic rings. The van der Waals surface area contributed by atoms with E-state index in [0.29, 0.717) is 24.7 Å². The van der Waals surface area contributed by atoms with Crippen molar-refractivity contribution in [3.8, 4) is 0 Å². The molecule has 2 aliphatic carbocycles. The maximum Gasteiger partial charge on any atom is 0.172 e. The average molecular weight is 451 g/mol. The van der Waals surface area contributed by atoms with Crippen molar-refractivity contribution in [1.82, 2.24) is 9.80 Å². The second-order valence-corrected chi connectivity index (χ2v) is 10.3. The molecule has 1 saturated heterocycles. The Morgan fingerprint density at radius 3 is 1.38 bits per heavy atom. The predicted molar refractivity (Wildman–Crippen MR) is 131 cm³/mol. The van der Waals surface area contributed by atoms with Gasteiger partial charge in [-0.2, -0.15) is 0 Å². The lowest BCUT2D eigenvalue weighted by Crippen LogP contribution is -2.52. The minimum Gasteiger partial charge on any atom is -0.388 e. The molecule has 0 amide bonds. The van der Waals surface area contributed by atoms with Crippen LogP contribution in [0.3, 0.4) is 0 Å². The lowest BCUT2D eigenvalue weighted by Gasteiger charge is -2.38. The van der Waals surface area contributed by atoms with Crippen molar-refractivity contribution in [2.24, 2.45) is 11.8 Å². The monoisotopic (exact) mass is 450 g/mol. The van der Waals surface area contributed by atoms with Crippen LogP contribution in [-0.2, 0) is 12.8 Å². The minimum absolute atomic E-state index is 0.219. The van der Waals surface area contributed by atoms with Crippen molar-refractivity contribution < 1.29 is 10.2 Å². The summed E-state index contributed by atoms with van der Waals surface area (Å²) < 4.78 is 0. The van der Waals surface area contributed by atoms with Gasteiger partial charge < -0.3 is 20.0 Å². The SMILES string of the molecule is O[C@@H]1[C@@H](O)[C@@H](Cc2ccccc2)N(CC2CC2)C(=S)N(CC2CC2)[C@@H]1Cc1ccccc1. The molecule has 1 aliphatic heterocycles. The summed E-state index contributed by atoms with van der Waals surface area (Å²) in [6.07, 6.45) is 4.56. The van der Waals surface area contributed by atoms with Crippen molar-refractivity contribution in [3.05, 3.63) is 71.8 Å². The standard InChI is InChI=1S/C27H34N2O2S/c30-25-23(15-19-7-3-1-4-8-19)28(17-21-11-12-21)27(32)29(18-22-13-14-22)24(26(25)31)16-20-9-5-2-6-10-20/h1-10,21-26,30-31H,11-18H2/t23-,24-,25+,26+/m1/s1. The van der Waals surface area contributed by atoms with Crippen LogP contribution in [0.25, 0.3) is 0 Å². The Morgan fingerprint density at radius 2 is 1.03 bits per heavy atom. The second kappa shape index (κ2) is 9.50. The highest BCUT2D eigenvalue weighted by Crippen LogP contribution is 2.37. The third-order valence-corrected chi connectivity index (χ3v) is 7.78. The van der Waals surface area contributed by atoms with Gasteiger partial charge in [-0.05, 0) is 73.7 Å². The summed E-state index contributed by atoms with van der Waals surface area (Å²) in [6.45, 7) is 1.75. The zero-order valence-corrected chi connectivity index (χ0v) is 19.4. The number of benzene rings is 2. The zero-order chi connectivity index (χ0) is 22.1. The molecule has 4 nitrogen and oxygen atoms in total. The third-order valence-electron chi connectivity index (χ3n) is 7.31. The first kappa shape index (κ1) is 21.9. The van der Waals surface area contributed by atoms with Crippen molar-refractivity contribution in [1.29, 1.82) is 0 Å². The fraction of sp³-hybridized carbons (Fsp3) is 0.519. The quantitative estimate of drug-likeness (QED) is 0.601. The highest BCUT2D eigenvalue weighted by atomic mass is 32.1. The van der Waals surface area contributed by atoms with E-state index in [-0.39, 0.29) is 12.1 Å². The minimum atomic E-state index is -0.857. The van der Waals surface area contributed by atoms with Crippen molar-refractivity contribution in [2.45, 2.75) is 62.8 Å². The van der Waals surface area contributed by atoms with E-state index in [1.54, 1.807) is 0 Å². The fourth-order valence-corrected chi connectivity index (χ4v) is 5.45. The molecule has 5 heteroatoms. The summed E-state index contributed by atoms with van der Waals surface area (Å²) in [4.78, 5) is 4.53. The van der Waals surface area contributed by atoms with Gasteiger partial charge >= 0.3 is 0 Å². The molecule has 32 heavy (non-hydrogen) atoms. The van der Waals surface area contributed by atoms with Crippen LogP contribution in [0.5, 0.6) is 0 Å². The molecule has 0 unspecified atom stereocenters. The molecule has 0 bridgehead atoms. The number of hydrogen-bond acceptors (Lipinski definition) is 3. The number of rotatable bonds is 8. The summed E-state index contributed by atoms with van der Waals surface area (Å²) in [5, 5.41) is 23.9. The van der Waals surface area contributed by atoms with Gasteiger partial charge in [0, 0.05) is 13.1 Å². The van der Waals surface area contributed by atoms with Crippen molar-refractivity contribution in [2.75, 3.05) is 13.1 Å². The van der Waals surface area contributed by atoms with E-state index < -0.39 is 12.2 Å². The van der Waals surface area contributed by atoms with E-state index in [0.717, 1.165) is 18.2 Å². The summed E-state index contributed by atoms with van der Waals surface area (Å²) in [7, 11) is 0. The van der Waals surface area contributed by atoms with Gasteiger partial charge in [0.1, 0.15) is 12.2 Å². The Hall–Kier alpha value is -1.95. The number of hydrogen-bond donors (Lipinski definition) is 2. The van der Waals surface area contributed by atoms with E-state index in [1.165, 1.54) is 36.8 Å². The summed E-state index contributed by atoms with van der Waals surface area (Å²) in [6, 6.07) is 20.2. The highest BCUT2D eigenvalue weighted by Gasteiger charge is 2.46. The van der Waals surface area contributed by atoms with Crippen molar-refractivity contribution >= 4 is 17.3 Å². The van der Waals surface area contributed by atoms with Crippen LogP contribution in [0.15, 0.2) is 60.7 Å². The van der Waals surface area contributed by atoms with Crippen LogP contribution in [-0.4, -0.2) is 62.5 Å². The van der Waals surface area contributed by atoms with E-state index >= 15 is 0 Å². The van der Waals surface area contributed by atoms with Crippen LogP contribution in [0.4, 0.5) is 0 Å². The normalized spacial score (nSPS) is 28.6. The summed E-state index contributed by atoms with van der Waals surface area (Å²) in [5.74, 6) is 1.29. The first-order valence-electron chi connectivity index (χ1n) is 12.1. The molecular formula is C27H34N2O2S. The molecule has 2 saturated carbocycles. The zero-order valence-electron chi connectivity index (χ0n) is 18.6. The van der Waals surface area contributed by atoms with Crippen LogP contribution in [0, 0.1) is 11.8 Å². The van der Waals surface area contributed by atoms with Gasteiger partial charge in [-0.1, -0.05) is 60.7 Å². The topological polar surface area (TPSA) is 46.9 Å². The number of nitrogens with zero attached hydrogens (tertiary/aromatic N) is 2. The van der Waals surface area contributed by atoms with Gasteiger partial charge in [0.15, 0.2) is 5.11 Å². The molecule has 0 radical (unpaired) electrons. The maximum atomic E-state index is 11.5. The Labute approximate surface area is 196 Å². The summed E-state index contributed by atoms with van der Waals surface area (Å²) >= 11 is 6.15. The molecule has 1 heterocycles.